The fourth-order valence-corrected chi connectivity index (χ4v) is 5.75. The summed E-state index contributed by atoms with van der Waals surface area (Å²) in [6, 6.07) is 0.415. The van der Waals surface area contributed by atoms with E-state index in [0.717, 1.165) is 28.4 Å². The van der Waals surface area contributed by atoms with Crippen LogP contribution in [0.4, 0.5) is 0 Å². The van der Waals surface area contributed by atoms with E-state index in [1.165, 1.54) is 37.9 Å². The van der Waals surface area contributed by atoms with Gasteiger partial charge >= 0.3 is 0 Å². The van der Waals surface area contributed by atoms with Crippen LogP contribution in [-0.2, 0) is 0 Å². The summed E-state index contributed by atoms with van der Waals surface area (Å²) in [5.41, 5.74) is 0. The molecule has 4 saturated carbocycles. The van der Waals surface area contributed by atoms with Gasteiger partial charge in [0.1, 0.15) is 5.82 Å². The molecule has 0 atom stereocenters. The maximum atomic E-state index is 5.43. The molecule has 0 aliphatic heterocycles. The zero-order valence-electron chi connectivity index (χ0n) is 11.8. The molecule has 4 aliphatic carbocycles. The number of hydrogen-bond donors (Lipinski definition) is 1. The summed E-state index contributed by atoms with van der Waals surface area (Å²) in [5.74, 6) is 5.72. The van der Waals surface area contributed by atoms with Crippen LogP contribution in [0.3, 0.4) is 0 Å². The van der Waals surface area contributed by atoms with Gasteiger partial charge in [-0.3, -0.25) is 5.10 Å². The van der Waals surface area contributed by atoms with Crippen LogP contribution in [0.25, 0.3) is 0 Å². The molecule has 1 heterocycles. The van der Waals surface area contributed by atoms with Crippen molar-refractivity contribution in [3.05, 3.63) is 10.6 Å². The molecule has 1 aromatic heterocycles. The lowest BCUT2D eigenvalue weighted by Gasteiger charge is -2.54. The first-order valence-corrected chi connectivity index (χ1v) is 8.21. The van der Waals surface area contributed by atoms with Crippen LogP contribution in [0.15, 0.2) is 0 Å². The van der Waals surface area contributed by atoms with E-state index < -0.39 is 0 Å². The minimum absolute atomic E-state index is 0.415. The SMILES string of the molecule is CC(C)n1c(C2C3CC4CC(C3)CC2C4)n[nH]c1=S. The third-order valence-corrected chi connectivity index (χ3v) is 6.06. The summed E-state index contributed by atoms with van der Waals surface area (Å²) in [6.07, 6.45) is 7.27. The second kappa shape index (κ2) is 4.18. The average Bonchev–Trinajstić information content (AvgIpc) is 2.69. The van der Waals surface area contributed by atoms with Crippen molar-refractivity contribution in [1.29, 1.82) is 0 Å². The Labute approximate surface area is 119 Å². The maximum Gasteiger partial charge on any atom is 0.195 e. The molecule has 1 aromatic rings. The lowest BCUT2D eigenvalue weighted by Crippen LogP contribution is -2.44. The Morgan fingerprint density at radius 2 is 1.68 bits per heavy atom. The monoisotopic (exact) mass is 277 g/mol. The molecule has 3 nitrogen and oxygen atoms in total. The van der Waals surface area contributed by atoms with Gasteiger partial charge in [0.2, 0.25) is 0 Å². The highest BCUT2D eigenvalue weighted by atomic mass is 32.1. The molecular formula is C15H23N3S. The normalized spacial score (nSPS) is 40.3. The third-order valence-electron chi connectivity index (χ3n) is 5.77. The van der Waals surface area contributed by atoms with Crippen molar-refractivity contribution in [2.24, 2.45) is 23.7 Å². The smallest absolute Gasteiger partial charge is 0.195 e. The maximum absolute atomic E-state index is 5.43. The van der Waals surface area contributed by atoms with Crippen LogP contribution in [-0.4, -0.2) is 14.8 Å². The Kier molecular flexibility index (Phi) is 2.66. The highest BCUT2D eigenvalue weighted by Gasteiger charge is 2.50. The molecular weight excluding hydrogens is 254 g/mol. The molecule has 4 bridgehead atoms. The van der Waals surface area contributed by atoms with Gasteiger partial charge in [-0.1, -0.05) is 0 Å². The van der Waals surface area contributed by atoms with Crippen molar-refractivity contribution in [3.63, 3.8) is 0 Å². The standard InChI is InChI=1S/C15H23N3S/c1-8(2)18-14(16-17-15(18)19)13-11-4-9-3-10(6-11)7-12(13)5-9/h8-13H,3-7H2,1-2H3,(H,17,19). The van der Waals surface area contributed by atoms with Gasteiger partial charge in [-0.05, 0) is 81.8 Å². The highest BCUT2D eigenvalue weighted by Crippen LogP contribution is 2.59. The van der Waals surface area contributed by atoms with Crippen molar-refractivity contribution in [2.75, 3.05) is 0 Å². The van der Waals surface area contributed by atoms with Crippen molar-refractivity contribution in [2.45, 2.75) is 57.9 Å². The highest BCUT2D eigenvalue weighted by molar-refractivity contribution is 7.71. The van der Waals surface area contributed by atoms with Gasteiger partial charge in [0.05, 0.1) is 0 Å². The van der Waals surface area contributed by atoms with Gasteiger partial charge in [0, 0.05) is 12.0 Å². The fourth-order valence-electron chi connectivity index (χ4n) is 5.40. The van der Waals surface area contributed by atoms with Gasteiger partial charge in [-0.25, -0.2) is 0 Å². The first-order valence-electron chi connectivity index (χ1n) is 7.80. The van der Waals surface area contributed by atoms with E-state index in [1.54, 1.807) is 0 Å². The summed E-state index contributed by atoms with van der Waals surface area (Å²) >= 11 is 5.43. The predicted molar refractivity (Wildman–Crippen MR) is 77.6 cm³/mol. The number of hydrogen-bond acceptors (Lipinski definition) is 2. The molecule has 19 heavy (non-hydrogen) atoms. The molecule has 4 aliphatic rings. The number of H-pyrrole nitrogens is 1. The van der Waals surface area contributed by atoms with Crippen molar-refractivity contribution < 1.29 is 0 Å². The van der Waals surface area contributed by atoms with Gasteiger partial charge < -0.3 is 4.57 Å². The minimum Gasteiger partial charge on any atom is -0.301 e. The quantitative estimate of drug-likeness (QED) is 0.827. The zero-order chi connectivity index (χ0) is 13.1. The largest absolute Gasteiger partial charge is 0.301 e. The Morgan fingerprint density at radius 3 is 2.21 bits per heavy atom. The molecule has 0 unspecified atom stereocenters. The second-order valence-corrected chi connectivity index (χ2v) is 7.69. The van der Waals surface area contributed by atoms with E-state index in [-0.39, 0.29) is 0 Å². The van der Waals surface area contributed by atoms with Crippen LogP contribution in [0.2, 0.25) is 0 Å². The first kappa shape index (κ1) is 12.1. The molecule has 0 saturated heterocycles. The third kappa shape index (κ3) is 1.75. The predicted octanol–water partition coefficient (Wildman–Crippen LogP) is 4.06. The van der Waals surface area contributed by atoms with Crippen LogP contribution >= 0.6 is 12.2 Å². The summed E-state index contributed by atoms with van der Waals surface area (Å²) in [5, 5.41) is 7.67. The molecule has 0 aromatic carbocycles. The van der Waals surface area contributed by atoms with Crippen molar-refractivity contribution in [1.82, 2.24) is 14.8 Å². The number of aromatic nitrogens is 3. The molecule has 4 heteroatoms. The summed E-state index contributed by atoms with van der Waals surface area (Å²) in [6.45, 7) is 4.43. The Morgan fingerprint density at radius 1 is 1.11 bits per heavy atom. The second-order valence-electron chi connectivity index (χ2n) is 7.31. The van der Waals surface area contributed by atoms with E-state index in [2.05, 4.69) is 28.6 Å². The summed E-state index contributed by atoms with van der Waals surface area (Å²) < 4.78 is 3.07. The summed E-state index contributed by atoms with van der Waals surface area (Å²) in [7, 11) is 0. The van der Waals surface area contributed by atoms with E-state index in [1.807, 2.05) is 0 Å². The fraction of sp³-hybridized carbons (Fsp3) is 0.867. The van der Waals surface area contributed by atoms with Gasteiger partial charge in [-0.15, -0.1) is 0 Å². The van der Waals surface area contributed by atoms with Crippen LogP contribution < -0.4 is 0 Å². The van der Waals surface area contributed by atoms with Crippen LogP contribution in [0, 0.1) is 28.4 Å². The minimum atomic E-state index is 0.415. The zero-order valence-corrected chi connectivity index (χ0v) is 12.6. The lowest BCUT2D eigenvalue weighted by molar-refractivity contribution is -0.00716. The van der Waals surface area contributed by atoms with Crippen molar-refractivity contribution >= 4 is 12.2 Å². The Hall–Kier alpha value is -0.640. The number of rotatable bonds is 2. The Bertz CT molecular complexity index is 514. The van der Waals surface area contributed by atoms with E-state index in [4.69, 9.17) is 12.2 Å². The molecule has 0 radical (unpaired) electrons. The van der Waals surface area contributed by atoms with Gasteiger partial charge in [0.25, 0.3) is 0 Å². The van der Waals surface area contributed by atoms with Gasteiger partial charge in [0.15, 0.2) is 4.77 Å². The number of aromatic amines is 1. The first-order chi connectivity index (χ1) is 9.13. The molecule has 5 rings (SSSR count). The van der Waals surface area contributed by atoms with Gasteiger partial charge in [-0.2, -0.15) is 5.10 Å². The number of nitrogens with zero attached hydrogens (tertiary/aromatic N) is 2. The molecule has 104 valence electrons. The average molecular weight is 277 g/mol. The number of nitrogens with one attached hydrogen (secondary N) is 1. The Balaban J connectivity index is 1.75. The molecule has 0 spiro atoms. The van der Waals surface area contributed by atoms with Crippen LogP contribution in [0.1, 0.15) is 63.7 Å². The topological polar surface area (TPSA) is 33.6 Å². The molecule has 1 N–H and O–H groups in total. The van der Waals surface area contributed by atoms with E-state index >= 15 is 0 Å². The molecule has 4 fully saturated rings. The van der Waals surface area contributed by atoms with Crippen molar-refractivity contribution in [3.8, 4) is 0 Å². The lowest BCUT2D eigenvalue weighted by atomic mass is 9.51. The summed E-state index contributed by atoms with van der Waals surface area (Å²) in [4.78, 5) is 0. The van der Waals surface area contributed by atoms with E-state index in [9.17, 15) is 0 Å². The molecule has 0 amide bonds. The van der Waals surface area contributed by atoms with Crippen LogP contribution in [0.5, 0.6) is 0 Å². The van der Waals surface area contributed by atoms with E-state index in [0.29, 0.717) is 12.0 Å².